The predicted molar refractivity (Wildman–Crippen MR) is 108 cm³/mol. The molecule has 5 heteroatoms. The lowest BCUT2D eigenvalue weighted by atomic mass is 9.96. The van der Waals surface area contributed by atoms with Crippen LogP contribution < -0.4 is 5.32 Å². The zero-order valence-electron chi connectivity index (χ0n) is 16.1. The van der Waals surface area contributed by atoms with Crippen molar-refractivity contribution in [2.75, 3.05) is 6.26 Å². The lowest BCUT2D eigenvalue weighted by Gasteiger charge is -2.24. The van der Waals surface area contributed by atoms with Gasteiger partial charge in [0.15, 0.2) is 9.84 Å². The average molecular weight is 384 g/mol. The minimum atomic E-state index is -3.27. The Kier molecular flexibility index (Phi) is 5.53. The van der Waals surface area contributed by atoms with E-state index in [9.17, 15) is 8.42 Å². The lowest BCUT2D eigenvalue weighted by Crippen LogP contribution is -2.26. The molecule has 0 radical (unpaired) electrons. The summed E-state index contributed by atoms with van der Waals surface area (Å²) in [5.74, 6) is 1.77. The van der Waals surface area contributed by atoms with Gasteiger partial charge in [-0.25, -0.2) is 8.42 Å². The molecule has 2 unspecified atom stereocenters. The Bertz CT molecular complexity index is 1020. The van der Waals surface area contributed by atoms with Crippen LogP contribution in [0.25, 0.3) is 0 Å². The largest absolute Gasteiger partial charge is 0.466 e. The monoisotopic (exact) mass is 383 g/mol. The average Bonchev–Trinajstić information content (AvgIpc) is 2.98. The zero-order chi connectivity index (χ0) is 19.6. The molecule has 1 N–H and O–H groups in total. The van der Waals surface area contributed by atoms with Gasteiger partial charge in [0.05, 0.1) is 10.9 Å². The fourth-order valence-electron chi connectivity index (χ4n) is 3.38. The quantitative estimate of drug-likeness (QED) is 0.668. The highest BCUT2D eigenvalue weighted by Crippen LogP contribution is 2.29. The first-order chi connectivity index (χ1) is 12.8. The van der Waals surface area contributed by atoms with Gasteiger partial charge in [0.25, 0.3) is 0 Å². The van der Waals surface area contributed by atoms with Crippen molar-refractivity contribution in [3.05, 3.63) is 88.9 Å². The van der Waals surface area contributed by atoms with Crippen LogP contribution >= 0.6 is 0 Å². The molecular formula is C22H25NO3S. The molecule has 1 aromatic heterocycles. The summed E-state index contributed by atoms with van der Waals surface area (Å²) in [6.07, 6.45) is 1.23. The minimum Gasteiger partial charge on any atom is -0.466 e. The number of sulfone groups is 1. The van der Waals surface area contributed by atoms with E-state index >= 15 is 0 Å². The molecule has 0 aliphatic heterocycles. The van der Waals surface area contributed by atoms with Gasteiger partial charge < -0.3 is 4.42 Å². The van der Waals surface area contributed by atoms with Gasteiger partial charge in [-0.15, -0.1) is 0 Å². The van der Waals surface area contributed by atoms with Gasteiger partial charge in [-0.1, -0.05) is 42.5 Å². The molecule has 0 aliphatic carbocycles. The van der Waals surface area contributed by atoms with E-state index in [1.54, 1.807) is 18.2 Å². The summed E-state index contributed by atoms with van der Waals surface area (Å²) >= 11 is 0. The standard InChI is InChI=1S/C22H25NO3S/c1-15-13-21(17(3)26-15)16(2)23-22(18-9-6-5-7-10-18)19-11-8-12-20(14-19)27(4,24)25/h5-14,16,22-23H,1-4H3. The minimum absolute atomic E-state index is 0.0366. The summed E-state index contributed by atoms with van der Waals surface area (Å²) in [5.41, 5.74) is 3.09. The molecule has 0 fully saturated rings. The van der Waals surface area contributed by atoms with Gasteiger partial charge in [0.1, 0.15) is 11.5 Å². The molecule has 0 saturated carbocycles. The van der Waals surface area contributed by atoms with Gasteiger partial charge >= 0.3 is 0 Å². The highest BCUT2D eigenvalue weighted by atomic mass is 32.2. The molecule has 1 heterocycles. The van der Waals surface area contributed by atoms with Gasteiger partial charge in [0.2, 0.25) is 0 Å². The van der Waals surface area contributed by atoms with Crippen LogP contribution in [-0.2, 0) is 9.84 Å². The summed E-state index contributed by atoms with van der Waals surface area (Å²) in [5, 5.41) is 3.64. The van der Waals surface area contributed by atoms with Gasteiger partial charge in [-0.2, -0.15) is 0 Å². The molecular weight excluding hydrogens is 358 g/mol. The highest BCUT2D eigenvalue weighted by molar-refractivity contribution is 7.90. The molecule has 3 rings (SSSR count). The zero-order valence-corrected chi connectivity index (χ0v) is 16.9. The molecule has 2 atom stereocenters. The Morgan fingerprint density at radius 1 is 0.926 bits per heavy atom. The molecule has 2 aromatic carbocycles. The molecule has 0 amide bonds. The first-order valence-corrected chi connectivity index (χ1v) is 10.8. The molecule has 0 bridgehead atoms. The van der Waals surface area contributed by atoms with E-state index in [0.29, 0.717) is 4.90 Å². The first-order valence-electron chi connectivity index (χ1n) is 8.93. The van der Waals surface area contributed by atoms with Crippen molar-refractivity contribution in [3.8, 4) is 0 Å². The Hall–Kier alpha value is -2.37. The smallest absolute Gasteiger partial charge is 0.175 e. The topological polar surface area (TPSA) is 59.3 Å². The third-order valence-corrected chi connectivity index (χ3v) is 5.83. The molecule has 27 heavy (non-hydrogen) atoms. The maximum absolute atomic E-state index is 12.0. The van der Waals surface area contributed by atoms with Crippen LogP contribution in [0.15, 0.2) is 70.0 Å². The van der Waals surface area contributed by atoms with Crippen LogP contribution in [0.2, 0.25) is 0 Å². The fraction of sp³-hybridized carbons (Fsp3) is 0.273. The number of rotatable bonds is 6. The number of aryl methyl sites for hydroxylation is 2. The van der Waals surface area contributed by atoms with Crippen LogP contribution in [0.3, 0.4) is 0 Å². The Balaban J connectivity index is 2.01. The van der Waals surface area contributed by atoms with Crippen molar-refractivity contribution in [1.82, 2.24) is 5.32 Å². The number of benzene rings is 2. The van der Waals surface area contributed by atoms with Crippen molar-refractivity contribution in [1.29, 1.82) is 0 Å². The Labute approximate surface area is 161 Å². The molecule has 4 nitrogen and oxygen atoms in total. The number of hydrogen-bond acceptors (Lipinski definition) is 4. The normalized spacial score (nSPS) is 14.1. The van der Waals surface area contributed by atoms with E-state index < -0.39 is 9.84 Å². The second kappa shape index (κ2) is 7.71. The van der Waals surface area contributed by atoms with E-state index in [-0.39, 0.29) is 12.1 Å². The first kappa shape index (κ1) is 19.4. The van der Waals surface area contributed by atoms with E-state index in [0.717, 1.165) is 28.2 Å². The molecule has 0 saturated heterocycles. The van der Waals surface area contributed by atoms with Crippen molar-refractivity contribution >= 4 is 9.84 Å². The van der Waals surface area contributed by atoms with E-state index in [1.165, 1.54) is 6.26 Å². The van der Waals surface area contributed by atoms with E-state index in [2.05, 4.69) is 12.2 Å². The second-order valence-corrected chi connectivity index (χ2v) is 8.96. The van der Waals surface area contributed by atoms with E-state index in [4.69, 9.17) is 4.42 Å². The van der Waals surface area contributed by atoms with Crippen LogP contribution in [0.5, 0.6) is 0 Å². The third kappa shape index (κ3) is 4.49. The van der Waals surface area contributed by atoms with Gasteiger partial charge in [-0.05, 0) is 50.1 Å². The highest BCUT2D eigenvalue weighted by Gasteiger charge is 2.21. The van der Waals surface area contributed by atoms with Crippen LogP contribution in [0.1, 0.15) is 47.2 Å². The predicted octanol–water partition coefficient (Wildman–Crippen LogP) is 4.74. The molecule has 0 spiro atoms. The number of furan rings is 1. The maximum atomic E-state index is 12.0. The van der Waals surface area contributed by atoms with Crippen molar-refractivity contribution in [2.24, 2.45) is 0 Å². The van der Waals surface area contributed by atoms with Crippen LogP contribution in [0, 0.1) is 13.8 Å². The third-order valence-electron chi connectivity index (χ3n) is 4.72. The number of nitrogens with one attached hydrogen (secondary N) is 1. The molecule has 3 aromatic rings. The summed E-state index contributed by atoms with van der Waals surface area (Å²) in [6.45, 7) is 5.99. The fourth-order valence-corrected chi connectivity index (χ4v) is 4.05. The lowest BCUT2D eigenvalue weighted by molar-refractivity contribution is 0.478. The Morgan fingerprint density at radius 3 is 2.19 bits per heavy atom. The van der Waals surface area contributed by atoms with Gasteiger partial charge in [0, 0.05) is 17.9 Å². The van der Waals surface area contributed by atoms with Crippen molar-refractivity contribution < 1.29 is 12.8 Å². The summed E-state index contributed by atoms with van der Waals surface area (Å²) in [4.78, 5) is 0.325. The summed E-state index contributed by atoms with van der Waals surface area (Å²) < 4.78 is 29.7. The van der Waals surface area contributed by atoms with Crippen LogP contribution in [-0.4, -0.2) is 14.7 Å². The molecule has 142 valence electrons. The summed E-state index contributed by atoms with van der Waals surface area (Å²) in [7, 11) is -3.27. The molecule has 0 aliphatic rings. The van der Waals surface area contributed by atoms with Crippen LogP contribution in [0.4, 0.5) is 0 Å². The second-order valence-electron chi connectivity index (χ2n) is 6.95. The summed E-state index contributed by atoms with van der Waals surface area (Å²) in [6, 6.07) is 19.1. The maximum Gasteiger partial charge on any atom is 0.175 e. The Morgan fingerprint density at radius 2 is 1.59 bits per heavy atom. The van der Waals surface area contributed by atoms with Gasteiger partial charge in [-0.3, -0.25) is 5.32 Å². The van der Waals surface area contributed by atoms with Crippen molar-refractivity contribution in [3.63, 3.8) is 0 Å². The van der Waals surface area contributed by atoms with Crippen molar-refractivity contribution in [2.45, 2.75) is 37.8 Å². The SMILES string of the molecule is Cc1cc(C(C)NC(c2ccccc2)c2cccc(S(C)(=O)=O)c2)c(C)o1. The van der Waals surface area contributed by atoms with E-state index in [1.807, 2.05) is 56.3 Å². The number of hydrogen-bond donors (Lipinski definition) is 1.